The highest BCUT2D eigenvalue weighted by Gasteiger charge is 2.16. The zero-order valence-electron chi connectivity index (χ0n) is 14.4. The van der Waals surface area contributed by atoms with Gasteiger partial charge in [-0.05, 0) is 49.5 Å². The Balaban J connectivity index is 2.21. The van der Waals surface area contributed by atoms with Gasteiger partial charge in [-0.2, -0.15) is 0 Å². The zero-order valence-corrected chi connectivity index (χ0v) is 14.4. The monoisotopic (exact) mass is 309 g/mol. The number of pyridine rings is 1. The number of nitrogens with one attached hydrogen (secondary N) is 1. The summed E-state index contributed by atoms with van der Waals surface area (Å²) >= 11 is 0. The van der Waals surface area contributed by atoms with E-state index in [-0.39, 0.29) is 0 Å². The van der Waals surface area contributed by atoms with Crippen LogP contribution in [-0.2, 0) is 0 Å². The van der Waals surface area contributed by atoms with Crippen LogP contribution in [0.4, 0.5) is 0 Å². The van der Waals surface area contributed by atoms with Crippen LogP contribution in [-0.4, -0.2) is 17.1 Å². The maximum atomic E-state index is 5.55. The second kappa shape index (κ2) is 6.03. The van der Waals surface area contributed by atoms with E-state index in [1.807, 2.05) is 6.20 Å². The molecule has 4 heteroatoms. The highest BCUT2D eigenvalue weighted by molar-refractivity contribution is 5.72. The van der Waals surface area contributed by atoms with Crippen LogP contribution in [0.5, 0.6) is 5.88 Å². The molecule has 0 saturated heterocycles. The van der Waals surface area contributed by atoms with Crippen LogP contribution in [0, 0.1) is 6.92 Å². The summed E-state index contributed by atoms with van der Waals surface area (Å²) in [5, 5.41) is 2.09. The number of allylic oxidation sites excluding steroid dienone is 1. The third-order valence-electron chi connectivity index (χ3n) is 4.23. The first-order valence-electron chi connectivity index (χ1n) is 7.99. The molecule has 0 amide bonds. The minimum Gasteiger partial charge on any atom is -0.480 e. The highest BCUT2D eigenvalue weighted by atomic mass is 16.5. The summed E-state index contributed by atoms with van der Waals surface area (Å²) in [6, 6.07) is 4.15. The summed E-state index contributed by atoms with van der Waals surface area (Å²) in [4.78, 5) is 12.9. The van der Waals surface area contributed by atoms with Crippen LogP contribution in [0.1, 0.15) is 49.9 Å². The number of aromatic amines is 1. The van der Waals surface area contributed by atoms with E-state index >= 15 is 0 Å². The van der Waals surface area contributed by atoms with Crippen molar-refractivity contribution in [2.75, 3.05) is 7.11 Å². The minimum atomic E-state index is 0.367. The Labute approximate surface area is 136 Å². The first kappa shape index (κ1) is 15.5. The van der Waals surface area contributed by atoms with Gasteiger partial charge in [-0.25, -0.2) is 9.98 Å². The average molecular weight is 309 g/mol. The molecule has 3 rings (SSSR count). The van der Waals surface area contributed by atoms with Gasteiger partial charge < -0.3 is 9.72 Å². The molecule has 0 aliphatic carbocycles. The van der Waals surface area contributed by atoms with Gasteiger partial charge in [-0.1, -0.05) is 19.9 Å². The smallest absolute Gasteiger partial charge is 0.222 e. The molecule has 2 aromatic heterocycles. The predicted molar refractivity (Wildman–Crippen MR) is 92.9 cm³/mol. The molecule has 0 atom stereocenters. The molecule has 0 bridgehead atoms. The van der Waals surface area contributed by atoms with Crippen molar-refractivity contribution >= 4 is 11.8 Å². The van der Waals surface area contributed by atoms with Crippen molar-refractivity contribution in [1.82, 2.24) is 9.97 Å². The molecule has 1 N–H and O–H groups in total. The van der Waals surface area contributed by atoms with Gasteiger partial charge in [0.1, 0.15) is 0 Å². The van der Waals surface area contributed by atoms with E-state index in [9.17, 15) is 0 Å². The Morgan fingerprint density at radius 2 is 2.00 bits per heavy atom. The number of hydrogen-bond acceptors (Lipinski definition) is 3. The van der Waals surface area contributed by atoms with E-state index in [0.717, 1.165) is 39.6 Å². The highest BCUT2D eigenvalue weighted by Crippen LogP contribution is 2.30. The predicted octanol–water partition coefficient (Wildman–Crippen LogP) is 3.09. The van der Waals surface area contributed by atoms with Crippen molar-refractivity contribution in [2.45, 2.75) is 40.0 Å². The van der Waals surface area contributed by atoms with Gasteiger partial charge in [0.15, 0.2) is 0 Å². The van der Waals surface area contributed by atoms with Crippen molar-refractivity contribution in [2.24, 2.45) is 4.99 Å². The SMILES string of the molecule is COc1nc(C(C)C)ccc1C1=C(C)CC=c2[nH]cc(C)c2=N1. The summed E-state index contributed by atoms with van der Waals surface area (Å²) in [5.41, 5.74) is 5.31. The molecule has 0 unspecified atom stereocenters. The number of aromatic nitrogens is 2. The lowest BCUT2D eigenvalue weighted by molar-refractivity contribution is 0.394. The third-order valence-corrected chi connectivity index (χ3v) is 4.23. The summed E-state index contributed by atoms with van der Waals surface area (Å²) in [7, 11) is 1.67. The lowest BCUT2D eigenvalue weighted by Gasteiger charge is -2.13. The van der Waals surface area contributed by atoms with Gasteiger partial charge >= 0.3 is 0 Å². The van der Waals surface area contributed by atoms with E-state index in [1.54, 1.807) is 7.11 Å². The standard InChI is InChI=1S/C19H23N3O/c1-11(2)15-9-7-14(19(21-15)23-5)17-12(3)6-8-16-18(22-17)13(4)10-20-16/h7-11,20H,6H2,1-5H3. The lowest BCUT2D eigenvalue weighted by Crippen LogP contribution is -2.23. The topological polar surface area (TPSA) is 50.3 Å². The number of aryl methyl sites for hydroxylation is 1. The molecule has 3 heterocycles. The van der Waals surface area contributed by atoms with Crippen LogP contribution in [0.3, 0.4) is 0 Å². The summed E-state index contributed by atoms with van der Waals surface area (Å²) in [6.45, 7) is 8.45. The van der Waals surface area contributed by atoms with Gasteiger partial charge in [0.05, 0.1) is 29.1 Å². The van der Waals surface area contributed by atoms with Gasteiger partial charge in [-0.15, -0.1) is 0 Å². The maximum Gasteiger partial charge on any atom is 0.222 e. The molecule has 2 aromatic rings. The van der Waals surface area contributed by atoms with E-state index in [0.29, 0.717) is 11.8 Å². The minimum absolute atomic E-state index is 0.367. The molecular weight excluding hydrogens is 286 g/mol. The largest absolute Gasteiger partial charge is 0.480 e. The second-order valence-corrected chi connectivity index (χ2v) is 6.33. The quantitative estimate of drug-likeness (QED) is 0.947. The molecule has 0 saturated carbocycles. The van der Waals surface area contributed by atoms with Crippen LogP contribution in [0.2, 0.25) is 0 Å². The van der Waals surface area contributed by atoms with Crippen molar-refractivity contribution < 1.29 is 4.74 Å². The Morgan fingerprint density at radius 1 is 1.22 bits per heavy atom. The first-order valence-corrected chi connectivity index (χ1v) is 7.99. The third kappa shape index (κ3) is 2.81. The second-order valence-electron chi connectivity index (χ2n) is 6.33. The van der Waals surface area contributed by atoms with Crippen LogP contribution < -0.4 is 15.4 Å². The van der Waals surface area contributed by atoms with Crippen molar-refractivity contribution in [3.8, 4) is 5.88 Å². The van der Waals surface area contributed by atoms with Crippen LogP contribution in [0.25, 0.3) is 11.8 Å². The van der Waals surface area contributed by atoms with Crippen molar-refractivity contribution in [3.05, 3.63) is 51.4 Å². The molecule has 0 spiro atoms. The van der Waals surface area contributed by atoms with Crippen molar-refractivity contribution in [3.63, 3.8) is 0 Å². The van der Waals surface area contributed by atoms with Crippen LogP contribution in [0.15, 0.2) is 28.9 Å². The number of hydrogen-bond donors (Lipinski definition) is 1. The normalized spacial score (nSPS) is 14.2. The molecule has 0 aromatic carbocycles. The fraction of sp³-hybridized carbons (Fsp3) is 0.368. The molecular formula is C19H23N3O. The fourth-order valence-corrected chi connectivity index (χ4v) is 2.80. The Kier molecular flexibility index (Phi) is 4.07. The molecule has 0 radical (unpaired) electrons. The number of methoxy groups -OCH3 is 1. The van der Waals surface area contributed by atoms with Gasteiger partial charge in [0.2, 0.25) is 5.88 Å². The van der Waals surface area contributed by atoms with E-state index < -0.39 is 0 Å². The molecule has 4 nitrogen and oxygen atoms in total. The number of fused-ring (bicyclic) bond motifs is 1. The van der Waals surface area contributed by atoms with Crippen molar-refractivity contribution in [1.29, 1.82) is 0 Å². The summed E-state index contributed by atoms with van der Waals surface area (Å²) < 4.78 is 5.55. The van der Waals surface area contributed by atoms with E-state index in [2.05, 4.69) is 55.9 Å². The number of rotatable bonds is 3. The molecule has 0 fully saturated rings. The Morgan fingerprint density at radius 3 is 2.70 bits per heavy atom. The van der Waals surface area contributed by atoms with Gasteiger partial charge in [-0.3, -0.25) is 0 Å². The van der Waals surface area contributed by atoms with E-state index in [1.165, 1.54) is 5.57 Å². The molecule has 1 aliphatic heterocycles. The molecule has 1 aliphatic rings. The number of H-pyrrole nitrogens is 1. The molecule has 120 valence electrons. The lowest BCUT2D eigenvalue weighted by atomic mass is 10.0. The fourth-order valence-electron chi connectivity index (χ4n) is 2.80. The van der Waals surface area contributed by atoms with E-state index in [4.69, 9.17) is 9.73 Å². The molecule has 23 heavy (non-hydrogen) atoms. The Hall–Kier alpha value is -2.36. The van der Waals surface area contributed by atoms with Crippen LogP contribution >= 0.6 is 0 Å². The summed E-state index contributed by atoms with van der Waals surface area (Å²) in [6.07, 6.45) is 5.05. The van der Waals surface area contributed by atoms with Gasteiger partial charge in [0.25, 0.3) is 0 Å². The maximum absolute atomic E-state index is 5.55. The summed E-state index contributed by atoms with van der Waals surface area (Å²) in [5.74, 6) is 1.01. The average Bonchev–Trinajstić information content (AvgIpc) is 2.80. The number of ether oxygens (including phenoxy) is 1. The first-order chi connectivity index (χ1) is 11.0. The Bertz CT molecular complexity index is 888. The zero-order chi connectivity index (χ0) is 16.6. The number of nitrogens with zero attached hydrogens (tertiary/aromatic N) is 2. The van der Waals surface area contributed by atoms with Gasteiger partial charge in [0, 0.05) is 11.9 Å².